The summed E-state index contributed by atoms with van der Waals surface area (Å²) in [6, 6.07) is 9.91. The topological polar surface area (TPSA) is 111 Å². The summed E-state index contributed by atoms with van der Waals surface area (Å²) in [5, 5.41) is 2.76. The van der Waals surface area contributed by atoms with Crippen LogP contribution in [0.15, 0.2) is 46.9 Å². The molecule has 1 saturated heterocycles. The number of rotatable bonds is 7. The van der Waals surface area contributed by atoms with Crippen LogP contribution in [0.1, 0.15) is 10.5 Å². The summed E-state index contributed by atoms with van der Waals surface area (Å²) in [4.78, 5) is 29.2. The molecule has 32 heavy (non-hydrogen) atoms. The summed E-state index contributed by atoms with van der Waals surface area (Å²) in [5.74, 6) is -2.45. The number of aromatic nitrogens is 1. The van der Waals surface area contributed by atoms with Gasteiger partial charge in [0.15, 0.2) is 11.5 Å². The molecule has 0 saturated carbocycles. The molecule has 0 unspecified atom stereocenters. The van der Waals surface area contributed by atoms with Crippen molar-refractivity contribution in [1.29, 1.82) is 0 Å². The van der Waals surface area contributed by atoms with Crippen LogP contribution < -0.4 is 15.8 Å². The van der Waals surface area contributed by atoms with E-state index in [1.165, 1.54) is 6.07 Å². The van der Waals surface area contributed by atoms with Gasteiger partial charge in [0.05, 0.1) is 6.54 Å². The molecule has 1 aromatic heterocycles. The number of nitrogens with two attached hydrogens (primary N) is 1. The van der Waals surface area contributed by atoms with Gasteiger partial charge >= 0.3 is 0 Å². The third-order valence-corrected chi connectivity index (χ3v) is 4.95. The molecule has 10 heteroatoms. The maximum Gasteiger partial charge on any atom is 0.271 e. The first-order valence-electron chi connectivity index (χ1n) is 9.89. The predicted molar refractivity (Wildman–Crippen MR) is 111 cm³/mol. The van der Waals surface area contributed by atoms with Gasteiger partial charge in [-0.2, -0.15) is 0 Å². The molecule has 3 N–H and O–H groups in total. The molecule has 2 aromatic carbocycles. The molecule has 0 atom stereocenters. The van der Waals surface area contributed by atoms with Crippen molar-refractivity contribution >= 4 is 11.8 Å². The largest absolute Gasteiger partial charge is 0.492 e. The first-order valence-corrected chi connectivity index (χ1v) is 9.89. The average molecular weight is 442 g/mol. The molecule has 2 amide bonds. The zero-order valence-corrected chi connectivity index (χ0v) is 16.9. The number of hydrogen-bond donors (Lipinski definition) is 2. The Hall–Kier alpha value is -3.79. The van der Waals surface area contributed by atoms with E-state index in [0.717, 1.165) is 18.7 Å². The van der Waals surface area contributed by atoms with Gasteiger partial charge in [0.25, 0.3) is 5.91 Å². The van der Waals surface area contributed by atoms with Gasteiger partial charge in [-0.15, -0.1) is 0 Å². The first-order chi connectivity index (χ1) is 15.4. The smallest absolute Gasteiger partial charge is 0.271 e. The zero-order valence-electron chi connectivity index (χ0n) is 16.9. The number of benzene rings is 2. The van der Waals surface area contributed by atoms with Crippen LogP contribution in [0.5, 0.6) is 5.75 Å². The lowest BCUT2D eigenvalue weighted by atomic mass is 10.1. The summed E-state index contributed by atoms with van der Waals surface area (Å²) in [6.07, 6.45) is 0. The Kier molecular flexibility index (Phi) is 6.13. The Balaban J connectivity index is 1.50. The highest BCUT2D eigenvalue weighted by molar-refractivity contribution is 5.97. The minimum Gasteiger partial charge on any atom is -0.492 e. The molecule has 2 heterocycles. The van der Waals surface area contributed by atoms with Gasteiger partial charge in [-0.3, -0.25) is 14.5 Å². The fraction of sp³-hybridized carbons (Fsp3) is 0.227. The van der Waals surface area contributed by atoms with Gasteiger partial charge in [-0.05, 0) is 36.4 Å². The molecule has 0 spiro atoms. The van der Waals surface area contributed by atoms with E-state index in [9.17, 15) is 18.4 Å². The van der Waals surface area contributed by atoms with E-state index < -0.39 is 23.1 Å². The average Bonchev–Trinajstić information content (AvgIpc) is 3.19. The number of hydrogen-bond acceptors (Lipinski definition) is 6. The van der Waals surface area contributed by atoms with Crippen molar-refractivity contribution in [2.75, 3.05) is 32.8 Å². The summed E-state index contributed by atoms with van der Waals surface area (Å²) in [5.41, 5.74) is 5.11. The Morgan fingerprint density at radius 3 is 2.56 bits per heavy atom. The maximum atomic E-state index is 14.1. The van der Waals surface area contributed by atoms with E-state index in [-0.39, 0.29) is 23.3 Å². The molecule has 0 aliphatic carbocycles. The molecule has 0 bridgehead atoms. The molecule has 0 radical (unpaired) electrons. The van der Waals surface area contributed by atoms with Crippen molar-refractivity contribution in [1.82, 2.24) is 15.2 Å². The maximum absolute atomic E-state index is 14.1. The number of ether oxygens (including phenoxy) is 1. The lowest BCUT2D eigenvalue weighted by Crippen LogP contribution is -2.48. The number of oxazole rings is 1. The van der Waals surface area contributed by atoms with Gasteiger partial charge in [0.2, 0.25) is 11.8 Å². The lowest BCUT2D eigenvalue weighted by Gasteiger charge is -2.26. The fourth-order valence-electron chi connectivity index (χ4n) is 3.37. The minimum atomic E-state index is -0.891. The second-order valence-corrected chi connectivity index (χ2v) is 7.16. The van der Waals surface area contributed by atoms with Gasteiger partial charge in [-0.1, -0.05) is 6.07 Å². The highest BCUT2D eigenvalue weighted by atomic mass is 19.1. The van der Waals surface area contributed by atoms with E-state index in [2.05, 4.69) is 10.3 Å². The molecular weight excluding hydrogens is 422 g/mol. The van der Waals surface area contributed by atoms with Gasteiger partial charge < -0.3 is 20.2 Å². The number of piperazine rings is 1. The van der Waals surface area contributed by atoms with Crippen LogP contribution in [-0.4, -0.2) is 54.5 Å². The minimum absolute atomic E-state index is 0.000956. The second kappa shape index (κ2) is 9.15. The summed E-state index contributed by atoms with van der Waals surface area (Å²) in [6.45, 7) is 2.71. The van der Waals surface area contributed by atoms with Crippen molar-refractivity contribution in [3.8, 4) is 28.5 Å². The zero-order chi connectivity index (χ0) is 22.7. The molecular formula is C22H20F2N4O4. The third kappa shape index (κ3) is 4.59. The van der Waals surface area contributed by atoms with E-state index in [4.69, 9.17) is 14.9 Å². The monoisotopic (exact) mass is 442 g/mol. The molecule has 1 aliphatic heterocycles. The van der Waals surface area contributed by atoms with E-state index in [1.54, 1.807) is 24.3 Å². The number of nitrogens with one attached hydrogen (secondary N) is 1. The molecule has 8 nitrogen and oxygen atoms in total. The summed E-state index contributed by atoms with van der Waals surface area (Å²) >= 11 is 0. The van der Waals surface area contributed by atoms with Crippen LogP contribution in [0.2, 0.25) is 0 Å². The normalized spacial score (nSPS) is 14.2. The Bertz CT molecular complexity index is 1130. The van der Waals surface area contributed by atoms with E-state index in [1.807, 2.05) is 4.90 Å². The SMILES string of the molecule is NC(=O)c1nc(-c2c(F)cccc2F)oc1-c1ccc(OCCN2CCNC(=O)C2)cc1. The third-order valence-electron chi connectivity index (χ3n) is 4.95. The van der Waals surface area contributed by atoms with Crippen LogP contribution in [0.25, 0.3) is 22.8 Å². The number of nitrogens with zero attached hydrogens (tertiary/aromatic N) is 2. The van der Waals surface area contributed by atoms with Crippen molar-refractivity contribution in [2.45, 2.75) is 0 Å². The number of carbonyl (C=O) groups excluding carboxylic acids is 2. The van der Waals surface area contributed by atoms with Crippen molar-refractivity contribution in [2.24, 2.45) is 5.73 Å². The quantitative estimate of drug-likeness (QED) is 0.581. The van der Waals surface area contributed by atoms with Crippen molar-refractivity contribution in [3.63, 3.8) is 0 Å². The molecule has 1 fully saturated rings. The number of halogens is 2. The van der Waals surface area contributed by atoms with Gasteiger partial charge in [0.1, 0.15) is 29.6 Å². The first kappa shape index (κ1) is 21.4. The number of amides is 2. The predicted octanol–water partition coefficient (Wildman–Crippen LogP) is 2.20. The van der Waals surface area contributed by atoms with Gasteiger partial charge in [0, 0.05) is 25.2 Å². The molecule has 166 valence electrons. The van der Waals surface area contributed by atoms with Crippen molar-refractivity contribution in [3.05, 3.63) is 59.8 Å². The van der Waals surface area contributed by atoms with Crippen LogP contribution in [0.4, 0.5) is 8.78 Å². The number of carbonyl (C=O) groups is 2. The Morgan fingerprint density at radius 1 is 1.19 bits per heavy atom. The van der Waals surface area contributed by atoms with E-state index in [0.29, 0.717) is 37.6 Å². The molecule has 1 aliphatic rings. The van der Waals surface area contributed by atoms with Crippen LogP contribution in [0.3, 0.4) is 0 Å². The van der Waals surface area contributed by atoms with Gasteiger partial charge in [-0.25, -0.2) is 13.8 Å². The van der Waals surface area contributed by atoms with Crippen LogP contribution in [-0.2, 0) is 4.79 Å². The lowest BCUT2D eigenvalue weighted by molar-refractivity contribution is -0.124. The Labute approximate surface area is 182 Å². The molecule has 4 rings (SSSR count). The highest BCUT2D eigenvalue weighted by Crippen LogP contribution is 2.33. The second-order valence-electron chi connectivity index (χ2n) is 7.16. The Morgan fingerprint density at radius 2 is 1.91 bits per heavy atom. The number of primary amides is 1. The molecule has 3 aromatic rings. The van der Waals surface area contributed by atoms with Crippen molar-refractivity contribution < 1.29 is 27.5 Å². The standard InChI is InChI=1S/C22H20F2N4O4/c23-15-2-1-3-16(24)18(15)22-27-19(21(25)30)20(32-22)13-4-6-14(7-5-13)31-11-10-28-9-8-26-17(29)12-28/h1-7H,8-12H2,(H2,25,30)(H,26,29). The summed E-state index contributed by atoms with van der Waals surface area (Å²) in [7, 11) is 0. The summed E-state index contributed by atoms with van der Waals surface area (Å²) < 4.78 is 39.5. The van der Waals surface area contributed by atoms with E-state index >= 15 is 0 Å². The highest BCUT2D eigenvalue weighted by Gasteiger charge is 2.24. The van der Waals surface area contributed by atoms with Crippen LogP contribution in [0, 0.1) is 11.6 Å². The van der Waals surface area contributed by atoms with Crippen LogP contribution >= 0.6 is 0 Å². The fourth-order valence-corrected chi connectivity index (χ4v) is 3.37.